The molecule has 0 aliphatic carbocycles. The Hall–Kier alpha value is -2.78. The number of halogens is 3. The SMILES string of the molecule is CCNc1ncc(C(=O)NCCc2nc(C)cc(C(F)(F)F)n2)cn1. The van der Waals surface area contributed by atoms with Gasteiger partial charge in [-0.2, -0.15) is 13.2 Å². The fraction of sp³-hybridized carbons (Fsp3) is 0.400. The first-order chi connectivity index (χ1) is 11.8. The van der Waals surface area contributed by atoms with Crippen LogP contribution in [0.15, 0.2) is 18.5 Å². The van der Waals surface area contributed by atoms with Crippen LogP contribution in [0, 0.1) is 6.92 Å². The van der Waals surface area contributed by atoms with Gasteiger partial charge >= 0.3 is 6.18 Å². The topological polar surface area (TPSA) is 92.7 Å². The summed E-state index contributed by atoms with van der Waals surface area (Å²) in [5.74, 6) is 0.00464. The fourth-order valence-electron chi connectivity index (χ4n) is 1.97. The summed E-state index contributed by atoms with van der Waals surface area (Å²) in [6.07, 6.45) is -1.72. The van der Waals surface area contributed by atoms with Crippen molar-refractivity contribution in [1.29, 1.82) is 0 Å². The van der Waals surface area contributed by atoms with Crippen LogP contribution in [0.1, 0.15) is 34.5 Å². The maximum Gasteiger partial charge on any atom is 0.433 e. The van der Waals surface area contributed by atoms with Gasteiger partial charge in [0, 0.05) is 37.6 Å². The fourth-order valence-corrected chi connectivity index (χ4v) is 1.97. The second-order valence-corrected chi connectivity index (χ2v) is 5.14. The van der Waals surface area contributed by atoms with Crippen LogP contribution in [-0.4, -0.2) is 38.9 Å². The molecule has 0 saturated heterocycles. The lowest BCUT2D eigenvalue weighted by Crippen LogP contribution is -2.27. The quantitative estimate of drug-likeness (QED) is 0.824. The van der Waals surface area contributed by atoms with E-state index < -0.39 is 17.8 Å². The molecule has 0 atom stereocenters. The summed E-state index contributed by atoms with van der Waals surface area (Å²) in [7, 11) is 0. The first-order valence-corrected chi connectivity index (χ1v) is 7.55. The number of carbonyl (C=O) groups excluding carboxylic acids is 1. The average molecular weight is 354 g/mol. The minimum Gasteiger partial charge on any atom is -0.355 e. The van der Waals surface area contributed by atoms with E-state index in [9.17, 15) is 18.0 Å². The number of amides is 1. The number of aromatic nitrogens is 4. The van der Waals surface area contributed by atoms with Crippen LogP contribution in [0.3, 0.4) is 0 Å². The first-order valence-electron chi connectivity index (χ1n) is 7.55. The summed E-state index contributed by atoms with van der Waals surface area (Å²) in [5, 5.41) is 5.47. The van der Waals surface area contributed by atoms with E-state index in [1.807, 2.05) is 6.92 Å². The van der Waals surface area contributed by atoms with Gasteiger partial charge < -0.3 is 10.6 Å². The number of rotatable bonds is 6. The lowest BCUT2D eigenvalue weighted by Gasteiger charge is -2.09. The predicted molar refractivity (Wildman–Crippen MR) is 84.0 cm³/mol. The summed E-state index contributed by atoms with van der Waals surface area (Å²) in [4.78, 5) is 27.4. The van der Waals surface area contributed by atoms with Crippen LogP contribution in [0.25, 0.3) is 0 Å². The van der Waals surface area contributed by atoms with Gasteiger partial charge in [-0.1, -0.05) is 0 Å². The maximum atomic E-state index is 12.7. The highest BCUT2D eigenvalue weighted by Crippen LogP contribution is 2.27. The van der Waals surface area contributed by atoms with Crippen molar-refractivity contribution < 1.29 is 18.0 Å². The van der Waals surface area contributed by atoms with Crippen molar-refractivity contribution in [3.05, 3.63) is 41.2 Å². The van der Waals surface area contributed by atoms with E-state index in [2.05, 4.69) is 30.6 Å². The summed E-state index contributed by atoms with van der Waals surface area (Å²) < 4.78 is 38.2. The van der Waals surface area contributed by atoms with E-state index in [-0.39, 0.29) is 30.0 Å². The molecule has 0 fully saturated rings. The van der Waals surface area contributed by atoms with Gasteiger partial charge in [0.1, 0.15) is 11.5 Å². The summed E-state index contributed by atoms with van der Waals surface area (Å²) >= 11 is 0. The second kappa shape index (κ2) is 7.86. The Morgan fingerprint density at radius 2 is 1.88 bits per heavy atom. The molecule has 2 N–H and O–H groups in total. The number of anilines is 1. The average Bonchev–Trinajstić information content (AvgIpc) is 2.54. The van der Waals surface area contributed by atoms with Crippen LogP contribution in [0.2, 0.25) is 0 Å². The summed E-state index contributed by atoms with van der Waals surface area (Å²) in [6.45, 7) is 4.10. The highest BCUT2D eigenvalue weighted by Gasteiger charge is 2.33. The molecule has 0 saturated carbocycles. The molecule has 0 aromatic carbocycles. The van der Waals surface area contributed by atoms with E-state index in [0.717, 1.165) is 6.07 Å². The third-order valence-corrected chi connectivity index (χ3v) is 3.07. The molecule has 134 valence electrons. The summed E-state index contributed by atoms with van der Waals surface area (Å²) in [5.41, 5.74) is -0.521. The molecule has 1 amide bonds. The van der Waals surface area contributed by atoms with E-state index >= 15 is 0 Å². The highest BCUT2D eigenvalue weighted by molar-refractivity contribution is 5.93. The monoisotopic (exact) mass is 354 g/mol. The minimum absolute atomic E-state index is 0.0198. The number of nitrogens with zero attached hydrogens (tertiary/aromatic N) is 4. The number of carbonyl (C=O) groups is 1. The maximum absolute atomic E-state index is 12.7. The number of nitrogens with one attached hydrogen (secondary N) is 2. The van der Waals surface area contributed by atoms with Gasteiger partial charge in [-0.15, -0.1) is 0 Å². The predicted octanol–water partition coefficient (Wildman–Crippen LogP) is 2.00. The Balaban J connectivity index is 1.94. The molecule has 0 radical (unpaired) electrons. The number of hydrogen-bond acceptors (Lipinski definition) is 6. The van der Waals surface area contributed by atoms with E-state index in [0.29, 0.717) is 12.5 Å². The number of aryl methyl sites for hydroxylation is 1. The summed E-state index contributed by atoms with van der Waals surface area (Å²) in [6, 6.07) is 0.880. The standard InChI is InChI=1S/C15H17F3N6O/c1-3-19-14-21-7-10(8-22-14)13(25)20-5-4-12-23-9(2)6-11(24-12)15(16,17)18/h6-8H,3-5H2,1-2H3,(H,20,25)(H,19,21,22). The zero-order chi connectivity index (χ0) is 18.4. The molecular weight excluding hydrogens is 337 g/mol. The van der Waals surface area contributed by atoms with Gasteiger partial charge in [0.2, 0.25) is 5.95 Å². The highest BCUT2D eigenvalue weighted by atomic mass is 19.4. The molecule has 7 nitrogen and oxygen atoms in total. The third-order valence-electron chi connectivity index (χ3n) is 3.07. The lowest BCUT2D eigenvalue weighted by atomic mass is 10.3. The van der Waals surface area contributed by atoms with E-state index in [1.54, 1.807) is 0 Å². The van der Waals surface area contributed by atoms with Gasteiger partial charge in [-0.25, -0.2) is 19.9 Å². The van der Waals surface area contributed by atoms with E-state index in [4.69, 9.17) is 0 Å². The zero-order valence-corrected chi connectivity index (χ0v) is 13.7. The number of hydrogen-bond donors (Lipinski definition) is 2. The molecule has 0 aliphatic rings. The smallest absolute Gasteiger partial charge is 0.355 e. The van der Waals surface area contributed by atoms with Crippen molar-refractivity contribution in [2.75, 3.05) is 18.4 Å². The molecule has 2 aromatic rings. The van der Waals surface area contributed by atoms with Crippen molar-refractivity contribution >= 4 is 11.9 Å². The molecule has 2 rings (SSSR count). The first kappa shape index (κ1) is 18.6. The Morgan fingerprint density at radius 3 is 2.48 bits per heavy atom. The lowest BCUT2D eigenvalue weighted by molar-refractivity contribution is -0.141. The molecule has 2 heterocycles. The van der Waals surface area contributed by atoms with Gasteiger partial charge in [-0.3, -0.25) is 4.79 Å². The van der Waals surface area contributed by atoms with Crippen molar-refractivity contribution in [3.8, 4) is 0 Å². The Bertz CT molecular complexity index is 733. The molecule has 25 heavy (non-hydrogen) atoms. The van der Waals surface area contributed by atoms with Crippen LogP contribution in [0.4, 0.5) is 19.1 Å². The normalized spacial score (nSPS) is 11.2. The van der Waals surface area contributed by atoms with Gasteiger partial charge in [-0.05, 0) is 19.9 Å². The van der Waals surface area contributed by atoms with Gasteiger partial charge in [0.15, 0.2) is 0 Å². The van der Waals surface area contributed by atoms with Gasteiger partial charge in [0.25, 0.3) is 5.91 Å². The Morgan fingerprint density at radius 1 is 1.20 bits per heavy atom. The molecule has 0 bridgehead atoms. The Kier molecular flexibility index (Phi) is 5.84. The molecular formula is C15H17F3N6O. The van der Waals surface area contributed by atoms with Crippen molar-refractivity contribution in [2.24, 2.45) is 0 Å². The van der Waals surface area contributed by atoms with E-state index in [1.165, 1.54) is 19.3 Å². The van der Waals surface area contributed by atoms with Crippen molar-refractivity contribution in [3.63, 3.8) is 0 Å². The van der Waals surface area contributed by atoms with Crippen molar-refractivity contribution in [1.82, 2.24) is 25.3 Å². The van der Waals surface area contributed by atoms with Crippen LogP contribution >= 0.6 is 0 Å². The molecule has 2 aromatic heterocycles. The van der Waals surface area contributed by atoms with Crippen molar-refractivity contribution in [2.45, 2.75) is 26.4 Å². The number of alkyl halides is 3. The largest absolute Gasteiger partial charge is 0.433 e. The zero-order valence-electron chi connectivity index (χ0n) is 13.7. The van der Waals surface area contributed by atoms with Crippen LogP contribution in [0.5, 0.6) is 0 Å². The third kappa shape index (κ3) is 5.37. The van der Waals surface area contributed by atoms with Gasteiger partial charge in [0.05, 0.1) is 5.56 Å². The minimum atomic E-state index is -4.53. The molecule has 0 unspecified atom stereocenters. The van der Waals surface area contributed by atoms with Crippen LogP contribution in [-0.2, 0) is 12.6 Å². The second-order valence-electron chi connectivity index (χ2n) is 5.14. The molecule has 0 spiro atoms. The van der Waals surface area contributed by atoms with Crippen LogP contribution < -0.4 is 10.6 Å². The molecule has 0 aliphatic heterocycles. The molecule has 10 heteroatoms. The Labute approximate surface area is 142 Å².